The van der Waals surface area contributed by atoms with Crippen molar-refractivity contribution in [2.45, 2.75) is 13.3 Å². The number of hydrogen-bond donors (Lipinski definition) is 1. The summed E-state index contributed by atoms with van der Waals surface area (Å²) in [6.45, 7) is 4.86. The molecule has 2 heterocycles. The van der Waals surface area contributed by atoms with Crippen molar-refractivity contribution in [3.63, 3.8) is 0 Å². The highest BCUT2D eigenvalue weighted by molar-refractivity contribution is 7.99. The van der Waals surface area contributed by atoms with Crippen LogP contribution in [-0.4, -0.2) is 59.1 Å². The van der Waals surface area contributed by atoms with Crippen LogP contribution in [0.4, 0.5) is 16.2 Å². The van der Waals surface area contributed by atoms with Crippen LogP contribution in [0.5, 0.6) is 0 Å². The maximum absolute atomic E-state index is 12.4. The van der Waals surface area contributed by atoms with Crippen molar-refractivity contribution in [2.24, 2.45) is 0 Å². The van der Waals surface area contributed by atoms with Gasteiger partial charge in [-0.2, -0.15) is 11.8 Å². The van der Waals surface area contributed by atoms with Crippen molar-refractivity contribution < 1.29 is 4.79 Å². The summed E-state index contributed by atoms with van der Waals surface area (Å²) in [5, 5.41) is 2.98. The molecule has 0 spiro atoms. The normalized spacial score (nSPS) is 14.2. The molecule has 1 aromatic heterocycles. The maximum atomic E-state index is 12.4. The molecule has 1 fully saturated rings. The summed E-state index contributed by atoms with van der Waals surface area (Å²) in [7, 11) is 1.79. The summed E-state index contributed by atoms with van der Waals surface area (Å²) in [5.41, 5.74) is 4.16. The Morgan fingerprint density at radius 3 is 2.81 bits per heavy atom. The molecule has 2 aromatic rings. The topological polar surface area (TPSA) is 61.4 Å². The van der Waals surface area contributed by atoms with E-state index in [0.717, 1.165) is 24.5 Å². The minimum atomic E-state index is -0.115. The number of nitrogens with one attached hydrogen (secondary N) is 1. The molecule has 1 N–H and O–H groups in total. The van der Waals surface area contributed by atoms with E-state index in [0.29, 0.717) is 13.0 Å². The van der Waals surface area contributed by atoms with Gasteiger partial charge in [0.1, 0.15) is 0 Å². The molecule has 0 saturated carbocycles. The predicted octanol–water partition coefficient (Wildman–Crippen LogP) is 3.04. The number of thioether (sulfide) groups is 1. The van der Waals surface area contributed by atoms with Gasteiger partial charge in [0, 0.05) is 74.6 Å². The van der Waals surface area contributed by atoms with E-state index in [4.69, 9.17) is 0 Å². The fraction of sp³-hybridized carbons (Fsp3) is 0.421. The first-order chi connectivity index (χ1) is 12.6. The number of rotatable bonds is 5. The Bertz CT molecular complexity index is 734. The molecule has 2 amide bonds. The minimum absolute atomic E-state index is 0.115. The average Bonchev–Trinajstić information content (AvgIpc) is 2.67. The molecule has 1 aliphatic rings. The molecule has 1 aliphatic heterocycles. The average molecular weight is 372 g/mol. The van der Waals surface area contributed by atoms with E-state index in [1.165, 1.54) is 22.8 Å². The number of nitrogens with zero attached hydrogens (tertiary/aromatic N) is 4. The second-order valence-electron chi connectivity index (χ2n) is 6.40. The van der Waals surface area contributed by atoms with E-state index in [1.807, 2.05) is 23.9 Å². The van der Waals surface area contributed by atoms with Gasteiger partial charge in [-0.05, 0) is 30.7 Å². The van der Waals surface area contributed by atoms with E-state index in [2.05, 4.69) is 33.2 Å². The molecule has 3 rings (SSSR count). The lowest BCUT2D eigenvalue weighted by Gasteiger charge is -2.30. The third-order valence-corrected chi connectivity index (χ3v) is 5.41. The van der Waals surface area contributed by atoms with E-state index in [1.54, 1.807) is 30.5 Å². The minimum Gasteiger partial charge on any atom is -0.370 e. The van der Waals surface area contributed by atoms with Crippen LogP contribution in [0.2, 0.25) is 0 Å². The standard InChI is InChI=1S/C19H25N5OS/c1-15-13-16(3-4-18(15)24-9-11-26-12-10-24)22-19(25)23(2)8-5-17-14-20-6-7-21-17/h3-4,6-7,13-14H,5,8-12H2,1-2H3,(H,22,25). The van der Waals surface area contributed by atoms with Gasteiger partial charge in [-0.25, -0.2) is 4.79 Å². The Morgan fingerprint density at radius 1 is 1.31 bits per heavy atom. The lowest BCUT2D eigenvalue weighted by molar-refractivity contribution is 0.223. The van der Waals surface area contributed by atoms with Crippen molar-refractivity contribution in [3.05, 3.63) is 48.0 Å². The third kappa shape index (κ3) is 4.88. The summed E-state index contributed by atoms with van der Waals surface area (Å²) in [6.07, 6.45) is 5.73. The molecular weight excluding hydrogens is 346 g/mol. The summed E-state index contributed by atoms with van der Waals surface area (Å²) in [6, 6.07) is 6.03. The summed E-state index contributed by atoms with van der Waals surface area (Å²) in [4.78, 5) is 24.8. The van der Waals surface area contributed by atoms with Crippen LogP contribution in [0.15, 0.2) is 36.8 Å². The summed E-state index contributed by atoms with van der Waals surface area (Å²) >= 11 is 2.00. The second-order valence-corrected chi connectivity index (χ2v) is 7.62. The number of aryl methyl sites for hydroxylation is 1. The second kappa shape index (κ2) is 8.89. The molecular formula is C19H25N5OS. The molecule has 0 aliphatic carbocycles. The molecule has 1 aromatic carbocycles. The number of hydrogen-bond acceptors (Lipinski definition) is 5. The first kappa shape index (κ1) is 18.5. The number of carbonyl (C=O) groups excluding carboxylic acids is 1. The van der Waals surface area contributed by atoms with E-state index < -0.39 is 0 Å². The quantitative estimate of drug-likeness (QED) is 0.875. The SMILES string of the molecule is Cc1cc(NC(=O)N(C)CCc2cnccn2)ccc1N1CCSCC1. The van der Waals surface area contributed by atoms with Gasteiger partial charge in [-0.15, -0.1) is 0 Å². The van der Waals surface area contributed by atoms with Crippen LogP contribution in [0.25, 0.3) is 0 Å². The van der Waals surface area contributed by atoms with Gasteiger partial charge in [0.2, 0.25) is 0 Å². The van der Waals surface area contributed by atoms with Crippen LogP contribution in [0.3, 0.4) is 0 Å². The van der Waals surface area contributed by atoms with E-state index in [9.17, 15) is 4.79 Å². The first-order valence-electron chi connectivity index (χ1n) is 8.84. The molecule has 26 heavy (non-hydrogen) atoms. The van der Waals surface area contributed by atoms with Crippen molar-refractivity contribution in [1.82, 2.24) is 14.9 Å². The molecule has 0 atom stereocenters. The van der Waals surface area contributed by atoms with Gasteiger partial charge >= 0.3 is 6.03 Å². The van der Waals surface area contributed by atoms with Crippen LogP contribution in [-0.2, 0) is 6.42 Å². The zero-order valence-electron chi connectivity index (χ0n) is 15.3. The smallest absolute Gasteiger partial charge is 0.321 e. The Hall–Kier alpha value is -2.28. The monoisotopic (exact) mass is 371 g/mol. The van der Waals surface area contributed by atoms with Crippen molar-refractivity contribution >= 4 is 29.2 Å². The van der Waals surface area contributed by atoms with E-state index in [-0.39, 0.29) is 6.03 Å². The number of anilines is 2. The van der Waals surface area contributed by atoms with Gasteiger partial charge in [-0.1, -0.05) is 0 Å². The van der Waals surface area contributed by atoms with Crippen molar-refractivity contribution in [3.8, 4) is 0 Å². The van der Waals surface area contributed by atoms with Gasteiger partial charge < -0.3 is 15.1 Å². The predicted molar refractivity (Wildman–Crippen MR) is 108 cm³/mol. The number of carbonyl (C=O) groups is 1. The van der Waals surface area contributed by atoms with Crippen LogP contribution < -0.4 is 10.2 Å². The molecule has 1 saturated heterocycles. The summed E-state index contributed by atoms with van der Waals surface area (Å²) in [5.74, 6) is 2.35. The van der Waals surface area contributed by atoms with Crippen molar-refractivity contribution in [1.29, 1.82) is 0 Å². The zero-order valence-corrected chi connectivity index (χ0v) is 16.1. The Morgan fingerprint density at radius 2 is 2.12 bits per heavy atom. The highest BCUT2D eigenvalue weighted by atomic mass is 32.2. The highest BCUT2D eigenvalue weighted by Gasteiger charge is 2.14. The fourth-order valence-corrected chi connectivity index (χ4v) is 3.86. The number of urea groups is 1. The highest BCUT2D eigenvalue weighted by Crippen LogP contribution is 2.26. The van der Waals surface area contributed by atoms with E-state index >= 15 is 0 Å². The number of likely N-dealkylation sites (N-methyl/N-ethyl adjacent to an activating group) is 1. The van der Waals surface area contributed by atoms with Gasteiger partial charge in [0.15, 0.2) is 0 Å². The van der Waals surface area contributed by atoms with Gasteiger partial charge in [0.05, 0.1) is 5.69 Å². The number of aromatic nitrogens is 2. The Balaban J connectivity index is 1.55. The summed E-state index contributed by atoms with van der Waals surface area (Å²) < 4.78 is 0. The van der Waals surface area contributed by atoms with Gasteiger partial charge in [0.25, 0.3) is 0 Å². The molecule has 0 unspecified atom stereocenters. The lowest BCUT2D eigenvalue weighted by Crippen LogP contribution is -2.34. The largest absolute Gasteiger partial charge is 0.370 e. The van der Waals surface area contributed by atoms with Crippen molar-refractivity contribution in [2.75, 3.05) is 48.4 Å². The number of benzene rings is 1. The third-order valence-electron chi connectivity index (χ3n) is 4.47. The van der Waals surface area contributed by atoms with Crippen LogP contribution >= 0.6 is 11.8 Å². The van der Waals surface area contributed by atoms with Crippen LogP contribution in [0.1, 0.15) is 11.3 Å². The molecule has 6 nitrogen and oxygen atoms in total. The van der Waals surface area contributed by atoms with Gasteiger partial charge in [-0.3, -0.25) is 9.97 Å². The molecule has 138 valence electrons. The first-order valence-corrected chi connectivity index (χ1v) is 9.99. The molecule has 7 heteroatoms. The number of amides is 2. The lowest BCUT2D eigenvalue weighted by atomic mass is 10.1. The Kier molecular flexibility index (Phi) is 6.33. The molecule has 0 bridgehead atoms. The molecule has 0 radical (unpaired) electrons. The Labute approximate surface area is 159 Å². The maximum Gasteiger partial charge on any atom is 0.321 e. The fourth-order valence-electron chi connectivity index (χ4n) is 2.95. The zero-order chi connectivity index (χ0) is 18.4. The van der Waals surface area contributed by atoms with Crippen LogP contribution in [0, 0.1) is 6.92 Å².